The Labute approximate surface area is 132 Å². The van der Waals surface area contributed by atoms with E-state index in [9.17, 15) is 0 Å². The summed E-state index contributed by atoms with van der Waals surface area (Å²) in [5.74, 6) is 0.483. The molecule has 0 saturated heterocycles. The number of hydrogen-bond acceptors (Lipinski definition) is 5. The molecule has 0 radical (unpaired) electrons. The van der Waals surface area contributed by atoms with E-state index in [1.54, 1.807) is 7.11 Å². The van der Waals surface area contributed by atoms with Gasteiger partial charge in [0.15, 0.2) is 5.13 Å². The second-order valence-electron chi connectivity index (χ2n) is 6.05. The zero-order valence-corrected chi connectivity index (χ0v) is 14.6. The third kappa shape index (κ3) is 4.66. The largest absolute Gasteiger partial charge is 0.383 e. The first-order valence-corrected chi connectivity index (χ1v) is 8.94. The lowest BCUT2D eigenvalue weighted by Gasteiger charge is -2.20. The van der Waals surface area contributed by atoms with Crippen molar-refractivity contribution in [3.63, 3.8) is 0 Å². The highest BCUT2D eigenvalue weighted by Crippen LogP contribution is 2.37. The van der Waals surface area contributed by atoms with Crippen molar-refractivity contribution in [1.29, 1.82) is 0 Å². The molecule has 0 aromatic carbocycles. The molecule has 1 aliphatic rings. The number of nitrogens with one attached hydrogen (secondary N) is 1. The lowest BCUT2D eigenvalue weighted by atomic mass is 10.1. The molecule has 1 N–H and O–H groups in total. The molecule has 0 atom stereocenters. The van der Waals surface area contributed by atoms with Crippen molar-refractivity contribution < 1.29 is 4.74 Å². The van der Waals surface area contributed by atoms with Gasteiger partial charge in [-0.15, -0.1) is 11.3 Å². The minimum absolute atomic E-state index is 0.483. The zero-order valence-electron chi connectivity index (χ0n) is 13.8. The molecule has 1 aromatic heterocycles. The maximum atomic E-state index is 5.26. The Bertz CT molecular complexity index is 429. The molecule has 0 bridgehead atoms. The summed E-state index contributed by atoms with van der Waals surface area (Å²) in [5, 5.41) is 4.70. The summed E-state index contributed by atoms with van der Waals surface area (Å²) in [4.78, 5) is 8.80. The van der Waals surface area contributed by atoms with Crippen LogP contribution in [0.4, 0.5) is 5.13 Å². The fourth-order valence-electron chi connectivity index (χ4n) is 2.44. The number of ether oxygens (including phenoxy) is 1. The highest BCUT2D eigenvalue weighted by atomic mass is 32.1. The van der Waals surface area contributed by atoms with E-state index in [4.69, 9.17) is 9.72 Å². The summed E-state index contributed by atoms with van der Waals surface area (Å²) >= 11 is 1.86. The van der Waals surface area contributed by atoms with Crippen LogP contribution in [-0.2, 0) is 11.3 Å². The SMILES string of the molecule is CCCNCc1sc(N(CCOC)C2CC2)nc1C(C)C. The quantitative estimate of drug-likeness (QED) is 0.672. The molecule has 0 spiro atoms. The van der Waals surface area contributed by atoms with E-state index in [1.807, 2.05) is 11.3 Å². The van der Waals surface area contributed by atoms with Gasteiger partial charge in [-0.05, 0) is 31.7 Å². The molecule has 0 aliphatic heterocycles. The predicted molar refractivity (Wildman–Crippen MR) is 90.4 cm³/mol. The molecule has 120 valence electrons. The first kappa shape index (κ1) is 16.7. The minimum atomic E-state index is 0.483. The summed E-state index contributed by atoms with van der Waals surface area (Å²) in [6.07, 6.45) is 3.76. The fraction of sp³-hybridized carbons (Fsp3) is 0.812. The number of rotatable bonds is 10. The molecule has 21 heavy (non-hydrogen) atoms. The van der Waals surface area contributed by atoms with E-state index in [-0.39, 0.29) is 0 Å². The van der Waals surface area contributed by atoms with Crippen LogP contribution < -0.4 is 10.2 Å². The van der Waals surface area contributed by atoms with Crippen molar-refractivity contribution in [2.45, 2.75) is 58.5 Å². The van der Waals surface area contributed by atoms with E-state index < -0.39 is 0 Å². The van der Waals surface area contributed by atoms with Crippen molar-refractivity contribution in [2.24, 2.45) is 0 Å². The maximum absolute atomic E-state index is 5.26. The summed E-state index contributed by atoms with van der Waals surface area (Å²) in [6, 6.07) is 0.683. The number of nitrogens with zero attached hydrogens (tertiary/aromatic N) is 2. The molecule has 1 aliphatic carbocycles. The Morgan fingerprint density at radius 2 is 2.19 bits per heavy atom. The number of aromatic nitrogens is 1. The van der Waals surface area contributed by atoms with Crippen LogP contribution >= 0.6 is 11.3 Å². The average Bonchev–Trinajstić information content (AvgIpc) is 3.20. The van der Waals surface area contributed by atoms with Gasteiger partial charge in [0.2, 0.25) is 0 Å². The summed E-state index contributed by atoms with van der Waals surface area (Å²) < 4.78 is 5.26. The molecule has 5 heteroatoms. The summed E-state index contributed by atoms with van der Waals surface area (Å²) in [7, 11) is 1.77. The van der Waals surface area contributed by atoms with Crippen LogP contribution in [0.3, 0.4) is 0 Å². The second-order valence-corrected chi connectivity index (χ2v) is 7.12. The number of hydrogen-bond donors (Lipinski definition) is 1. The fourth-order valence-corrected chi connectivity index (χ4v) is 3.72. The highest BCUT2D eigenvalue weighted by molar-refractivity contribution is 7.15. The topological polar surface area (TPSA) is 37.4 Å². The van der Waals surface area contributed by atoms with Crippen molar-refractivity contribution in [3.05, 3.63) is 10.6 Å². The first-order valence-electron chi connectivity index (χ1n) is 8.13. The van der Waals surface area contributed by atoms with Crippen molar-refractivity contribution in [2.75, 3.05) is 31.7 Å². The van der Waals surface area contributed by atoms with Gasteiger partial charge in [-0.25, -0.2) is 4.98 Å². The Hall–Kier alpha value is -0.650. The molecule has 0 amide bonds. The predicted octanol–water partition coefficient (Wildman–Crippen LogP) is 3.38. The molecule has 1 saturated carbocycles. The van der Waals surface area contributed by atoms with Crippen LogP contribution in [0.25, 0.3) is 0 Å². The first-order chi connectivity index (χ1) is 10.2. The van der Waals surface area contributed by atoms with Crippen molar-refractivity contribution in [3.8, 4) is 0 Å². The van der Waals surface area contributed by atoms with Crippen LogP contribution in [-0.4, -0.2) is 37.8 Å². The van der Waals surface area contributed by atoms with Gasteiger partial charge in [-0.1, -0.05) is 20.8 Å². The Morgan fingerprint density at radius 1 is 1.43 bits per heavy atom. The van der Waals surface area contributed by atoms with Crippen molar-refractivity contribution in [1.82, 2.24) is 10.3 Å². The van der Waals surface area contributed by atoms with Crippen LogP contribution in [0.1, 0.15) is 56.5 Å². The summed E-state index contributed by atoms with van der Waals surface area (Å²) in [6.45, 7) is 10.4. The lowest BCUT2D eigenvalue weighted by Crippen LogP contribution is -2.29. The molecular formula is C16H29N3OS. The average molecular weight is 311 g/mol. The number of thiazole rings is 1. The Morgan fingerprint density at radius 3 is 2.76 bits per heavy atom. The van der Waals surface area contributed by atoms with Crippen LogP contribution in [0.2, 0.25) is 0 Å². The van der Waals surface area contributed by atoms with Gasteiger partial charge >= 0.3 is 0 Å². The lowest BCUT2D eigenvalue weighted by molar-refractivity contribution is 0.205. The van der Waals surface area contributed by atoms with Gasteiger partial charge < -0.3 is 15.0 Å². The summed E-state index contributed by atoms with van der Waals surface area (Å²) in [5.41, 5.74) is 1.27. The van der Waals surface area contributed by atoms with Gasteiger partial charge in [0.25, 0.3) is 0 Å². The normalized spacial score (nSPS) is 14.9. The Kier molecular flexibility index (Phi) is 6.45. The van der Waals surface area contributed by atoms with E-state index >= 15 is 0 Å². The van der Waals surface area contributed by atoms with Gasteiger partial charge in [-0.2, -0.15) is 0 Å². The molecule has 2 rings (SSSR count). The molecule has 1 fully saturated rings. The van der Waals surface area contributed by atoms with Gasteiger partial charge in [0.05, 0.1) is 12.3 Å². The monoisotopic (exact) mass is 311 g/mol. The number of methoxy groups -OCH3 is 1. The van der Waals surface area contributed by atoms with E-state index in [0.29, 0.717) is 12.0 Å². The third-order valence-corrected chi connectivity index (χ3v) is 4.85. The minimum Gasteiger partial charge on any atom is -0.383 e. The second kappa shape index (κ2) is 8.11. The highest BCUT2D eigenvalue weighted by Gasteiger charge is 2.31. The van der Waals surface area contributed by atoms with Gasteiger partial charge in [-0.3, -0.25) is 0 Å². The van der Waals surface area contributed by atoms with E-state index in [0.717, 1.165) is 26.2 Å². The molecule has 4 nitrogen and oxygen atoms in total. The Balaban J connectivity index is 2.12. The smallest absolute Gasteiger partial charge is 0.186 e. The molecule has 1 heterocycles. The van der Waals surface area contributed by atoms with E-state index in [2.05, 4.69) is 31.0 Å². The number of anilines is 1. The van der Waals surface area contributed by atoms with Gasteiger partial charge in [0.1, 0.15) is 0 Å². The van der Waals surface area contributed by atoms with E-state index in [1.165, 1.54) is 35.0 Å². The standard InChI is InChI=1S/C16H29N3OS/c1-5-8-17-11-14-15(12(2)3)18-16(21-14)19(9-10-20-4)13-6-7-13/h12-13,17H,5-11H2,1-4H3. The molecule has 1 aromatic rings. The van der Waals surface area contributed by atoms with Crippen LogP contribution in [0.5, 0.6) is 0 Å². The van der Waals surface area contributed by atoms with Crippen LogP contribution in [0.15, 0.2) is 0 Å². The van der Waals surface area contributed by atoms with Gasteiger partial charge in [0, 0.05) is 31.1 Å². The van der Waals surface area contributed by atoms with Crippen molar-refractivity contribution >= 4 is 16.5 Å². The maximum Gasteiger partial charge on any atom is 0.186 e. The van der Waals surface area contributed by atoms with Crippen LogP contribution in [0, 0.1) is 0 Å². The molecule has 0 unspecified atom stereocenters. The zero-order chi connectivity index (χ0) is 15.2. The molecular weight excluding hydrogens is 282 g/mol. The third-order valence-electron chi connectivity index (χ3n) is 3.75.